The highest BCUT2D eigenvalue weighted by Crippen LogP contribution is 2.21. The molecule has 0 atom stereocenters. The average molecular weight is 419 g/mol. The highest BCUT2D eigenvalue weighted by Gasteiger charge is 2.12. The molecule has 0 aliphatic rings. The smallest absolute Gasteiger partial charge is 0.262 e. The molecule has 0 amide bonds. The van der Waals surface area contributed by atoms with Gasteiger partial charge in [-0.15, -0.1) is 0 Å². The molecule has 28 heavy (non-hydrogen) atoms. The Morgan fingerprint density at radius 3 is 2.71 bits per heavy atom. The Bertz CT molecular complexity index is 963. The van der Waals surface area contributed by atoms with Crippen molar-refractivity contribution in [2.45, 2.75) is 24.5 Å². The fourth-order valence-corrected chi connectivity index (χ4v) is 3.88. The molecule has 148 valence electrons. The maximum Gasteiger partial charge on any atom is 0.262 e. The lowest BCUT2D eigenvalue weighted by Crippen LogP contribution is -2.24. The molecular formula is C21H23ClN2O3S. The van der Waals surface area contributed by atoms with Crippen LogP contribution in [0.5, 0.6) is 5.75 Å². The molecule has 1 heterocycles. The van der Waals surface area contributed by atoms with E-state index in [1.54, 1.807) is 41.6 Å². The molecule has 0 saturated heterocycles. The maximum atomic E-state index is 12.9. The van der Waals surface area contributed by atoms with Gasteiger partial charge in [0.15, 0.2) is 5.16 Å². The molecule has 0 aliphatic carbocycles. The molecule has 0 radical (unpaired) electrons. The molecule has 1 aromatic heterocycles. The lowest BCUT2D eigenvalue weighted by atomic mass is 10.2. The Morgan fingerprint density at radius 1 is 1.11 bits per heavy atom. The minimum Gasteiger partial charge on any atom is -0.494 e. The summed E-state index contributed by atoms with van der Waals surface area (Å²) in [5.74, 6) is 1.66. The number of hydrogen-bond acceptors (Lipinski definition) is 5. The molecule has 5 nitrogen and oxygen atoms in total. The molecule has 0 bridgehead atoms. The van der Waals surface area contributed by atoms with Gasteiger partial charge >= 0.3 is 0 Å². The quantitative estimate of drug-likeness (QED) is 0.272. The van der Waals surface area contributed by atoms with Gasteiger partial charge in [0, 0.05) is 31.0 Å². The summed E-state index contributed by atoms with van der Waals surface area (Å²) in [6.07, 6.45) is 1.60. The highest BCUT2D eigenvalue weighted by atomic mass is 35.5. The standard InChI is InChI=1S/C21H23ClN2O3S/c1-26-12-5-11-24-20(25)18-10-9-16(22)15-19(18)23-21(24)28-14-6-13-27-17-7-3-2-4-8-17/h2-4,7-10,15H,5-6,11-14H2,1H3. The third-order valence-corrected chi connectivity index (χ3v) is 5.44. The van der Waals surface area contributed by atoms with E-state index in [2.05, 4.69) is 0 Å². The van der Waals surface area contributed by atoms with Crippen molar-refractivity contribution in [3.05, 3.63) is 63.9 Å². The van der Waals surface area contributed by atoms with E-state index >= 15 is 0 Å². The van der Waals surface area contributed by atoms with Crippen molar-refractivity contribution in [3.63, 3.8) is 0 Å². The van der Waals surface area contributed by atoms with E-state index in [1.807, 2.05) is 30.3 Å². The van der Waals surface area contributed by atoms with Crippen LogP contribution in [0.3, 0.4) is 0 Å². The lowest BCUT2D eigenvalue weighted by Gasteiger charge is -2.13. The summed E-state index contributed by atoms with van der Waals surface area (Å²) in [6.45, 7) is 1.78. The molecule has 3 rings (SSSR count). The van der Waals surface area contributed by atoms with Crippen LogP contribution in [0, 0.1) is 0 Å². The number of ether oxygens (including phenoxy) is 2. The number of aromatic nitrogens is 2. The molecule has 0 saturated carbocycles. The highest BCUT2D eigenvalue weighted by molar-refractivity contribution is 7.99. The van der Waals surface area contributed by atoms with Crippen LogP contribution in [0.2, 0.25) is 5.02 Å². The maximum absolute atomic E-state index is 12.9. The largest absolute Gasteiger partial charge is 0.494 e. The fraction of sp³-hybridized carbons (Fsp3) is 0.333. The van der Waals surface area contributed by atoms with Crippen LogP contribution >= 0.6 is 23.4 Å². The monoisotopic (exact) mass is 418 g/mol. The van der Waals surface area contributed by atoms with Gasteiger partial charge in [0.05, 0.1) is 17.5 Å². The number of para-hydroxylation sites is 1. The molecule has 2 aromatic carbocycles. The average Bonchev–Trinajstić information content (AvgIpc) is 2.70. The number of hydrogen-bond donors (Lipinski definition) is 0. The van der Waals surface area contributed by atoms with Crippen LogP contribution in [0.15, 0.2) is 58.5 Å². The second-order valence-electron chi connectivity index (χ2n) is 6.22. The van der Waals surface area contributed by atoms with Crippen molar-refractivity contribution in [2.24, 2.45) is 0 Å². The summed E-state index contributed by atoms with van der Waals surface area (Å²) in [5, 5.41) is 1.86. The number of nitrogens with zero attached hydrogens (tertiary/aromatic N) is 2. The Labute approximate surface area is 173 Å². The van der Waals surface area contributed by atoms with Crippen molar-refractivity contribution >= 4 is 34.3 Å². The van der Waals surface area contributed by atoms with E-state index in [0.717, 1.165) is 24.3 Å². The summed E-state index contributed by atoms with van der Waals surface area (Å²) in [4.78, 5) is 17.6. The van der Waals surface area contributed by atoms with Crippen LogP contribution in [0.4, 0.5) is 0 Å². The minimum atomic E-state index is -0.0409. The molecule has 0 N–H and O–H groups in total. The van der Waals surface area contributed by atoms with E-state index in [1.165, 1.54) is 0 Å². The van der Waals surface area contributed by atoms with Gasteiger partial charge in [-0.3, -0.25) is 9.36 Å². The molecular weight excluding hydrogens is 396 g/mol. The molecule has 0 spiro atoms. The van der Waals surface area contributed by atoms with Gasteiger partial charge < -0.3 is 9.47 Å². The topological polar surface area (TPSA) is 53.4 Å². The van der Waals surface area contributed by atoms with Crippen LogP contribution in [-0.2, 0) is 11.3 Å². The summed E-state index contributed by atoms with van der Waals surface area (Å²) in [7, 11) is 1.66. The first-order valence-corrected chi connectivity index (χ1v) is 10.5. The molecule has 7 heteroatoms. The predicted molar refractivity (Wildman–Crippen MR) is 115 cm³/mol. The van der Waals surface area contributed by atoms with Crippen molar-refractivity contribution in [3.8, 4) is 5.75 Å². The molecule has 0 aliphatic heterocycles. The third-order valence-electron chi connectivity index (χ3n) is 4.14. The summed E-state index contributed by atoms with van der Waals surface area (Å²) in [5.41, 5.74) is 0.587. The van der Waals surface area contributed by atoms with Gasteiger partial charge in [-0.05, 0) is 43.2 Å². The normalized spacial score (nSPS) is 11.1. The predicted octanol–water partition coefficient (Wildman–Crippen LogP) is 4.65. The van der Waals surface area contributed by atoms with Crippen LogP contribution in [0.25, 0.3) is 10.9 Å². The summed E-state index contributed by atoms with van der Waals surface area (Å²) >= 11 is 7.64. The van der Waals surface area contributed by atoms with Crippen LogP contribution < -0.4 is 10.3 Å². The number of thioether (sulfide) groups is 1. The van der Waals surface area contributed by atoms with Crippen LogP contribution in [-0.4, -0.2) is 35.6 Å². The first-order valence-electron chi connectivity index (χ1n) is 9.19. The summed E-state index contributed by atoms with van der Waals surface area (Å²) < 4.78 is 12.6. The van der Waals surface area contributed by atoms with E-state index in [9.17, 15) is 4.79 Å². The Balaban J connectivity index is 1.70. The number of rotatable bonds is 10. The molecule has 3 aromatic rings. The molecule has 0 unspecified atom stereocenters. The van der Waals surface area contributed by atoms with Gasteiger partial charge in [-0.25, -0.2) is 4.98 Å². The minimum absolute atomic E-state index is 0.0409. The third kappa shape index (κ3) is 5.50. The first-order chi connectivity index (χ1) is 13.7. The van der Waals surface area contributed by atoms with Gasteiger partial charge in [-0.1, -0.05) is 41.6 Å². The Morgan fingerprint density at radius 2 is 1.93 bits per heavy atom. The zero-order valence-electron chi connectivity index (χ0n) is 15.8. The van der Waals surface area contributed by atoms with Crippen LogP contribution in [0.1, 0.15) is 12.8 Å². The van der Waals surface area contributed by atoms with Gasteiger partial charge in [0.2, 0.25) is 0 Å². The lowest BCUT2D eigenvalue weighted by molar-refractivity contribution is 0.189. The van der Waals surface area contributed by atoms with Gasteiger partial charge in [-0.2, -0.15) is 0 Å². The second kappa shape index (κ2) is 10.5. The van der Waals surface area contributed by atoms with E-state index in [0.29, 0.717) is 40.8 Å². The van der Waals surface area contributed by atoms with Crippen molar-refractivity contribution in [1.82, 2.24) is 9.55 Å². The summed E-state index contributed by atoms with van der Waals surface area (Å²) in [6, 6.07) is 14.9. The van der Waals surface area contributed by atoms with Gasteiger partial charge in [0.25, 0.3) is 5.56 Å². The number of benzene rings is 2. The van der Waals surface area contributed by atoms with Crippen molar-refractivity contribution in [1.29, 1.82) is 0 Å². The van der Waals surface area contributed by atoms with E-state index in [-0.39, 0.29) is 5.56 Å². The Kier molecular flexibility index (Phi) is 7.77. The van der Waals surface area contributed by atoms with Gasteiger partial charge in [0.1, 0.15) is 5.75 Å². The zero-order chi connectivity index (χ0) is 19.8. The number of halogens is 1. The van der Waals surface area contributed by atoms with E-state index < -0.39 is 0 Å². The number of fused-ring (bicyclic) bond motifs is 1. The van der Waals surface area contributed by atoms with E-state index in [4.69, 9.17) is 26.1 Å². The zero-order valence-corrected chi connectivity index (χ0v) is 17.3. The van der Waals surface area contributed by atoms with Crippen molar-refractivity contribution in [2.75, 3.05) is 26.1 Å². The first kappa shape index (κ1) is 20.7. The Hall–Kier alpha value is -2.02. The SMILES string of the molecule is COCCCn1c(SCCCOc2ccccc2)nc2cc(Cl)ccc2c1=O. The number of methoxy groups -OCH3 is 1. The second-order valence-corrected chi connectivity index (χ2v) is 7.72. The molecule has 0 fully saturated rings. The van der Waals surface area contributed by atoms with Crippen molar-refractivity contribution < 1.29 is 9.47 Å². The fourth-order valence-electron chi connectivity index (χ4n) is 2.78.